The van der Waals surface area contributed by atoms with Gasteiger partial charge in [0.2, 0.25) is 0 Å². The van der Waals surface area contributed by atoms with Crippen molar-refractivity contribution in [1.29, 1.82) is 0 Å². The predicted octanol–water partition coefficient (Wildman–Crippen LogP) is 2.90. The van der Waals surface area contributed by atoms with Gasteiger partial charge in [0, 0.05) is 17.9 Å². The largest absolute Gasteiger partial charge is 0.497 e. The highest BCUT2D eigenvalue weighted by Gasteiger charge is 2.10. The Labute approximate surface area is 114 Å². The van der Waals surface area contributed by atoms with Crippen LogP contribution >= 0.6 is 0 Å². The molecular formula is C16H20N2O. The molecule has 0 aliphatic carbocycles. The number of rotatable bonds is 5. The molecule has 3 heteroatoms. The van der Waals surface area contributed by atoms with E-state index in [-0.39, 0.29) is 6.04 Å². The quantitative estimate of drug-likeness (QED) is 0.893. The molecule has 3 nitrogen and oxygen atoms in total. The number of nitrogens with zero attached hydrogens (tertiary/aromatic N) is 1. The van der Waals surface area contributed by atoms with E-state index in [0.29, 0.717) is 0 Å². The Kier molecular flexibility index (Phi) is 4.53. The molecule has 0 radical (unpaired) electrons. The lowest BCUT2D eigenvalue weighted by atomic mass is 10.00. The number of likely N-dealkylation sites (N-methyl/N-ethyl adjacent to an activating group) is 1. The monoisotopic (exact) mass is 256 g/mol. The molecule has 1 heterocycles. The van der Waals surface area contributed by atoms with Crippen LogP contribution in [-0.2, 0) is 6.42 Å². The minimum atomic E-state index is 0.264. The first-order valence-corrected chi connectivity index (χ1v) is 6.45. The van der Waals surface area contributed by atoms with E-state index >= 15 is 0 Å². The molecule has 0 aliphatic rings. The fourth-order valence-corrected chi connectivity index (χ4v) is 2.11. The maximum atomic E-state index is 5.26. The zero-order valence-electron chi connectivity index (χ0n) is 11.7. The SMILES string of the molecule is CNC(Cc1cccc(OC)c1)c1ccc(C)nc1. The van der Waals surface area contributed by atoms with Gasteiger partial charge >= 0.3 is 0 Å². The zero-order chi connectivity index (χ0) is 13.7. The molecule has 19 heavy (non-hydrogen) atoms. The van der Waals surface area contributed by atoms with Crippen molar-refractivity contribution in [3.8, 4) is 5.75 Å². The molecule has 1 atom stereocenters. The van der Waals surface area contributed by atoms with Crippen LogP contribution in [0.25, 0.3) is 0 Å². The van der Waals surface area contributed by atoms with E-state index < -0.39 is 0 Å². The van der Waals surface area contributed by atoms with E-state index in [0.717, 1.165) is 17.9 Å². The summed E-state index contributed by atoms with van der Waals surface area (Å²) in [7, 11) is 3.67. The maximum absolute atomic E-state index is 5.26. The van der Waals surface area contributed by atoms with Gasteiger partial charge in [-0.3, -0.25) is 4.98 Å². The van der Waals surface area contributed by atoms with Crippen LogP contribution < -0.4 is 10.1 Å². The molecule has 1 aromatic carbocycles. The van der Waals surface area contributed by atoms with Crippen molar-refractivity contribution in [1.82, 2.24) is 10.3 Å². The number of benzene rings is 1. The van der Waals surface area contributed by atoms with Crippen molar-refractivity contribution in [2.24, 2.45) is 0 Å². The number of aromatic nitrogens is 1. The molecule has 0 amide bonds. The smallest absolute Gasteiger partial charge is 0.119 e. The minimum Gasteiger partial charge on any atom is -0.497 e. The Balaban J connectivity index is 2.16. The number of aryl methyl sites for hydroxylation is 1. The average Bonchev–Trinajstić information content (AvgIpc) is 2.46. The van der Waals surface area contributed by atoms with Crippen LogP contribution in [0.3, 0.4) is 0 Å². The Morgan fingerprint density at radius 3 is 2.74 bits per heavy atom. The van der Waals surface area contributed by atoms with E-state index in [2.05, 4.69) is 28.5 Å². The minimum absolute atomic E-state index is 0.264. The normalized spacial score (nSPS) is 12.2. The van der Waals surface area contributed by atoms with Crippen LogP contribution in [-0.4, -0.2) is 19.1 Å². The second-order valence-corrected chi connectivity index (χ2v) is 4.63. The van der Waals surface area contributed by atoms with Crippen LogP contribution in [0.2, 0.25) is 0 Å². The van der Waals surface area contributed by atoms with Crippen molar-refractivity contribution in [2.75, 3.05) is 14.2 Å². The van der Waals surface area contributed by atoms with Gasteiger partial charge in [-0.1, -0.05) is 18.2 Å². The third kappa shape index (κ3) is 3.55. The predicted molar refractivity (Wildman–Crippen MR) is 77.5 cm³/mol. The average molecular weight is 256 g/mol. The number of pyridine rings is 1. The van der Waals surface area contributed by atoms with Gasteiger partial charge < -0.3 is 10.1 Å². The lowest BCUT2D eigenvalue weighted by Gasteiger charge is -2.17. The number of hydrogen-bond donors (Lipinski definition) is 1. The first kappa shape index (κ1) is 13.6. The summed E-state index contributed by atoms with van der Waals surface area (Å²) in [6.07, 6.45) is 2.86. The summed E-state index contributed by atoms with van der Waals surface area (Å²) in [5, 5.41) is 3.34. The van der Waals surface area contributed by atoms with Gasteiger partial charge in [0.05, 0.1) is 7.11 Å². The molecule has 1 aromatic heterocycles. The van der Waals surface area contributed by atoms with Gasteiger partial charge in [-0.25, -0.2) is 0 Å². The third-order valence-electron chi connectivity index (χ3n) is 3.26. The Morgan fingerprint density at radius 1 is 1.26 bits per heavy atom. The van der Waals surface area contributed by atoms with Crippen LogP contribution in [0.4, 0.5) is 0 Å². The van der Waals surface area contributed by atoms with Gasteiger partial charge in [0.1, 0.15) is 5.75 Å². The highest BCUT2D eigenvalue weighted by Crippen LogP contribution is 2.20. The summed E-state index contributed by atoms with van der Waals surface area (Å²) in [6.45, 7) is 2.00. The Hall–Kier alpha value is -1.87. The molecule has 2 rings (SSSR count). The molecule has 0 saturated heterocycles. The summed E-state index contributed by atoms with van der Waals surface area (Å²) in [4.78, 5) is 4.36. The van der Waals surface area contributed by atoms with E-state index in [4.69, 9.17) is 4.74 Å². The van der Waals surface area contributed by atoms with Gasteiger partial charge in [-0.15, -0.1) is 0 Å². The van der Waals surface area contributed by atoms with Crippen molar-refractivity contribution in [3.63, 3.8) is 0 Å². The summed E-state index contributed by atoms with van der Waals surface area (Å²) in [5.41, 5.74) is 3.50. The van der Waals surface area contributed by atoms with E-state index in [1.165, 1.54) is 11.1 Å². The zero-order valence-corrected chi connectivity index (χ0v) is 11.7. The molecule has 0 spiro atoms. The van der Waals surface area contributed by atoms with Crippen LogP contribution in [0.1, 0.15) is 22.9 Å². The molecule has 100 valence electrons. The number of ether oxygens (including phenoxy) is 1. The first-order valence-electron chi connectivity index (χ1n) is 6.45. The third-order valence-corrected chi connectivity index (χ3v) is 3.26. The molecule has 1 unspecified atom stereocenters. The van der Waals surface area contributed by atoms with Crippen LogP contribution in [0, 0.1) is 6.92 Å². The van der Waals surface area contributed by atoms with Gasteiger partial charge in [-0.05, 0) is 49.7 Å². The number of hydrogen-bond acceptors (Lipinski definition) is 3. The molecule has 2 aromatic rings. The molecule has 0 fully saturated rings. The highest BCUT2D eigenvalue weighted by atomic mass is 16.5. The molecule has 0 bridgehead atoms. The van der Waals surface area contributed by atoms with E-state index in [1.807, 2.05) is 38.4 Å². The summed E-state index contributed by atoms with van der Waals surface area (Å²) in [6, 6.07) is 12.6. The van der Waals surface area contributed by atoms with Crippen LogP contribution in [0.5, 0.6) is 5.75 Å². The summed E-state index contributed by atoms with van der Waals surface area (Å²) >= 11 is 0. The van der Waals surface area contributed by atoms with E-state index in [1.54, 1.807) is 7.11 Å². The second-order valence-electron chi connectivity index (χ2n) is 4.63. The summed E-state index contributed by atoms with van der Waals surface area (Å²) in [5.74, 6) is 0.898. The maximum Gasteiger partial charge on any atom is 0.119 e. The van der Waals surface area contributed by atoms with Gasteiger partial charge in [-0.2, -0.15) is 0 Å². The molecule has 0 saturated carbocycles. The standard InChI is InChI=1S/C16H20N2O/c1-12-7-8-14(11-18-12)16(17-2)10-13-5-4-6-15(9-13)19-3/h4-9,11,16-17H,10H2,1-3H3. The first-order chi connectivity index (χ1) is 9.22. The van der Waals surface area contributed by atoms with Crippen molar-refractivity contribution < 1.29 is 4.74 Å². The molecule has 0 aliphatic heterocycles. The Bertz CT molecular complexity index is 523. The van der Waals surface area contributed by atoms with Crippen molar-refractivity contribution in [2.45, 2.75) is 19.4 Å². The molecule has 1 N–H and O–H groups in total. The van der Waals surface area contributed by atoms with Gasteiger partial charge in [0.25, 0.3) is 0 Å². The van der Waals surface area contributed by atoms with E-state index in [9.17, 15) is 0 Å². The lowest BCUT2D eigenvalue weighted by molar-refractivity contribution is 0.414. The van der Waals surface area contributed by atoms with Crippen molar-refractivity contribution >= 4 is 0 Å². The molecular weight excluding hydrogens is 236 g/mol. The van der Waals surface area contributed by atoms with Gasteiger partial charge in [0.15, 0.2) is 0 Å². The lowest BCUT2D eigenvalue weighted by Crippen LogP contribution is -2.19. The fraction of sp³-hybridized carbons (Fsp3) is 0.312. The summed E-state index contributed by atoms with van der Waals surface area (Å²) < 4.78 is 5.26. The Morgan fingerprint density at radius 2 is 2.11 bits per heavy atom. The highest BCUT2D eigenvalue weighted by molar-refractivity contribution is 5.30. The van der Waals surface area contributed by atoms with Crippen LogP contribution in [0.15, 0.2) is 42.6 Å². The topological polar surface area (TPSA) is 34.1 Å². The second kappa shape index (κ2) is 6.34. The number of methoxy groups -OCH3 is 1. The fourth-order valence-electron chi connectivity index (χ4n) is 2.11. The number of nitrogens with one attached hydrogen (secondary N) is 1. The van der Waals surface area contributed by atoms with Crippen molar-refractivity contribution in [3.05, 3.63) is 59.4 Å².